The van der Waals surface area contributed by atoms with Crippen LogP contribution in [0.25, 0.3) is 0 Å². The van der Waals surface area contributed by atoms with E-state index in [0.29, 0.717) is 11.3 Å². The van der Waals surface area contributed by atoms with Crippen molar-refractivity contribution in [1.82, 2.24) is 0 Å². The summed E-state index contributed by atoms with van der Waals surface area (Å²) < 4.78 is 0.830. The van der Waals surface area contributed by atoms with E-state index >= 15 is 0 Å². The van der Waals surface area contributed by atoms with Gasteiger partial charge in [0.05, 0.1) is 5.92 Å². The van der Waals surface area contributed by atoms with Gasteiger partial charge in [0, 0.05) is 21.0 Å². The molecule has 0 spiro atoms. The number of para-hydroxylation sites is 1. The van der Waals surface area contributed by atoms with Crippen molar-refractivity contribution >= 4 is 33.3 Å². The first-order valence-corrected chi connectivity index (χ1v) is 8.45. The second kappa shape index (κ2) is 8.53. The molecule has 2 aromatic rings. The molecule has 0 heterocycles. The molecule has 7 heteroatoms. The Bertz CT molecular complexity index is 762. The number of amides is 1. The predicted octanol–water partition coefficient (Wildman–Crippen LogP) is 3.65. The van der Waals surface area contributed by atoms with E-state index in [1.807, 2.05) is 0 Å². The fraction of sp³-hybridized carbons (Fsp3) is 0.222. The maximum Gasteiger partial charge on any atom is 0.292 e. The molecule has 1 amide bonds. The molecule has 0 unspecified atom stereocenters. The quantitative estimate of drug-likeness (QED) is 0.433. The van der Waals surface area contributed by atoms with E-state index in [9.17, 15) is 19.7 Å². The van der Waals surface area contributed by atoms with Gasteiger partial charge in [-0.2, -0.15) is 0 Å². The smallest absolute Gasteiger partial charge is 0.292 e. The molecule has 0 bridgehead atoms. The third kappa shape index (κ3) is 5.22. The Balaban J connectivity index is 2.18. The predicted molar refractivity (Wildman–Crippen MR) is 98.0 cm³/mol. The van der Waals surface area contributed by atoms with Crippen LogP contribution in [0.15, 0.2) is 59.1 Å². The monoisotopic (exact) mass is 404 g/mol. The molecule has 0 aromatic heterocycles. The van der Waals surface area contributed by atoms with E-state index in [1.54, 1.807) is 61.5 Å². The van der Waals surface area contributed by atoms with Crippen molar-refractivity contribution in [2.45, 2.75) is 12.8 Å². The molecule has 25 heavy (non-hydrogen) atoms. The first kappa shape index (κ1) is 18.8. The number of carbonyl (C=O) groups is 2. The van der Waals surface area contributed by atoms with Gasteiger partial charge in [-0.15, -0.1) is 0 Å². The Morgan fingerprint density at radius 1 is 1.12 bits per heavy atom. The number of hydrogen-bond acceptors (Lipinski definition) is 4. The van der Waals surface area contributed by atoms with Gasteiger partial charge in [-0.25, -0.2) is 0 Å². The van der Waals surface area contributed by atoms with Crippen LogP contribution in [-0.2, 0) is 9.59 Å². The van der Waals surface area contributed by atoms with Gasteiger partial charge in [-0.05, 0) is 29.8 Å². The maximum absolute atomic E-state index is 12.5. The largest absolute Gasteiger partial charge is 0.319 e. The average molecular weight is 405 g/mol. The number of halogens is 1. The molecule has 0 saturated heterocycles. The number of nitrogens with one attached hydrogen (secondary N) is 1. The molecule has 1 N–H and O–H groups in total. The third-order valence-electron chi connectivity index (χ3n) is 3.92. The minimum atomic E-state index is -0.824. The van der Waals surface area contributed by atoms with E-state index in [2.05, 4.69) is 21.2 Å². The Labute approximate surface area is 153 Å². The van der Waals surface area contributed by atoms with Crippen LogP contribution >= 0.6 is 15.9 Å². The van der Waals surface area contributed by atoms with E-state index in [1.165, 1.54) is 0 Å². The van der Waals surface area contributed by atoms with Crippen LogP contribution in [0.1, 0.15) is 18.4 Å². The Hall–Kier alpha value is -2.54. The number of rotatable bonds is 7. The highest BCUT2D eigenvalue weighted by molar-refractivity contribution is 9.10. The summed E-state index contributed by atoms with van der Waals surface area (Å²) in [6, 6.07) is 15.5. The molecule has 0 aliphatic heterocycles. The topological polar surface area (TPSA) is 89.3 Å². The van der Waals surface area contributed by atoms with Crippen LogP contribution in [0, 0.1) is 16.0 Å². The molecule has 0 aliphatic rings. The van der Waals surface area contributed by atoms with Crippen LogP contribution in [0.3, 0.4) is 0 Å². The van der Waals surface area contributed by atoms with E-state index in [0.717, 1.165) is 4.47 Å². The number of anilines is 1. The van der Waals surface area contributed by atoms with Crippen molar-refractivity contribution in [3.63, 3.8) is 0 Å². The Morgan fingerprint density at radius 2 is 1.72 bits per heavy atom. The minimum Gasteiger partial charge on any atom is -0.319 e. The normalized spacial score (nSPS) is 12.9. The summed E-state index contributed by atoms with van der Waals surface area (Å²) in [5.41, 5.74) is 1.15. The third-order valence-corrected chi connectivity index (χ3v) is 4.45. The number of nitro groups is 1. The molecule has 2 rings (SSSR count). The highest BCUT2D eigenvalue weighted by atomic mass is 79.9. The van der Waals surface area contributed by atoms with Crippen LogP contribution < -0.4 is 5.32 Å². The van der Waals surface area contributed by atoms with E-state index in [4.69, 9.17) is 0 Å². The zero-order valence-corrected chi connectivity index (χ0v) is 15.1. The maximum atomic E-state index is 12.5. The lowest BCUT2D eigenvalue weighted by molar-refractivity contribution is -0.484. The number of ketones is 1. The van der Waals surface area contributed by atoms with Gasteiger partial charge in [-0.1, -0.05) is 53.2 Å². The highest BCUT2D eigenvalue weighted by Crippen LogP contribution is 2.27. The Kier molecular flexibility index (Phi) is 6.41. The second-order valence-corrected chi connectivity index (χ2v) is 6.56. The van der Waals surface area contributed by atoms with Crippen molar-refractivity contribution in [3.05, 3.63) is 74.7 Å². The molecule has 0 fully saturated rings. The summed E-state index contributed by atoms with van der Waals surface area (Å²) in [5.74, 6) is -2.96. The summed E-state index contributed by atoms with van der Waals surface area (Å²) in [4.78, 5) is 35.2. The van der Waals surface area contributed by atoms with Gasteiger partial charge in [-0.3, -0.25) is 19.7 Å². The zero-order valence-electron chi connectivity index (χ0n) is 13.5. The van der Waals surface area contributed by atoms with Gasteiger partial charge in [0.1, 0.15) is 0 Å². The van der Waals surface area contributed by atoms with Gasteiger partial charge >= 0.3 is 0 Å². The number of carbonyl (C=O) groups excluding carboxylic acids is 2. The van der Waals surface area contributed by atoms with Crippen molar-refractivity contribution in [1.29, 1.82) is 0 Å². The molecule has 0 saturated carbocycles. The summed E-state index contributed by atoms with van der Waals surface area (Å²) in [5, 5.41) is 13.5. The summed E-state index contributed by atoms with van der Waals surface area (Å²) in [7, 11) is 0. The van der Waals surface area contributed by atoms with Gasteiger partial charge in [0.15, 0.2) is 0 Å². The molecular weight excluding hydrogens is 388 g/mol. The number of benzene rings is 2. The number of Topliss-reactive ketones (excluding diaryl/α,β-unsaturated/α-hetero) is 1. The minimum absolute atomic E-state index is 0.423. The fourth-order valence-electron chi connectivity index (χ4n) is 2.53. The van der Waals surface area contributed by atoms with Crippen molar-refractivity contribution < 1.29 is 14.5 Å². The van der Waals surface area contributed by atoms with Crippen LogP contribution in [-0.4, -0.2) is 23.2 Å². The summed E-state index contributed by atoms with van der Waals surface area (Å²) >= 11 is 3.31. The number of hydrogen-bond donors (Lipinski definition) is 1. The molecular formula is C18H17BrN2O4. The standard InChI is InChI=1S/C18H17BrN2O4/c1-12(17(22)18(23)20-15-5-3-2-4-6-15)16(11-21(24)25)13-7-9-14(19)10-8-13/h2-10,12,16H,11H2,1H3,(H,20,23)/t12-,16-/m1/s1. The van der Waals surface area contributed by atoms with Crippen molar-refractivity contribution in [2.24, 2.45) is 5.92 Å². The second-order valence-electron chi connectivity index (χ2n) is 5.65. The SMILES string of the molecule is C[C@@H](C(=O)C(=O)Nc1ccccc1)[C@@H](C[N+](=O)[O-])c1ccc(Br)cc1. The van der Waals surface area contributed by atoms with Crippen LogP contribution in [0.2, 0.25) is 0 Å². The Morgan fingerprint density at radius 3 is 2.28 bits per heavy atom. The van der Waals surface area contributed by atoms with Crippen LogP contribution in [0.4, 0.5) is 5.69 Å². The number of nitrogens with zero attached hydrogens (tertiary/aromatic N) is 1. The molecule has 2 aromatic carbocycles. The van der Waals surface area contributed by atoms with Crippen molar-refractivity contribution in [3.8, 4) is 0 Å². The van der Waals surface area contributed by atoms with Gasteiger partial charge in [0.2, 0.25) is 12.3 Å². The first-order valence-electron chi connectivity index (χ1n) is 7.66. The van der Waals surface area contributed by atoms with Gasteiger partial charge < -0.3 is 5.32 Å². The lowest BCUT2D eigenvalue weighted by atomic mass is 9.84. The first-order chi connectivity index (χ1) is 11.9. The van der Waals surface area contributed by atoms with Crippen molar-refractivity contribution in [2.75, 3.05) is 11.9 Å². The summed E-state index contributed by atoms with van der Waals surface area (Å²) in [6.45, 7) is 1.12. The van der Waals surface area contributed by atoms with Crippen LogP contribution in [0.5, 0.6) is 0 Å². The molecule has 6 nitrogen and oxygen atoms in total. The van der Waals surface area contributed by atoms with E-state index in [-0.39, 0.29) is 0 Å². The average Bonchev–Trinajstić information content (AvgIpc) is 2.60. The fourth-order valence-corrected chi connectivity index (χ4v) is 2.79. The van der Waals surface area contributed by atoms with Gasteiger partial charge in [0.25, 0.3) is 5.91 Å². The lowest BCUT2D eigenvalue weighted by Crippen LogP contribution is -2.33. The molecule has 130 valence electrons. The summed E-state index contributed by atoms with van der Waals surface area (Å²) in [6.07, 6.45) is 0. The highest BCUT2D eigenvalue weighted by Gasteiger charge is 2.33. The zero-order chi connectivity index (χ0) is 18.4. The molecule has 0 aliphatic carbocycles. The lowest BCUT2D eigenvalue weighted by Gasteiger charge is -2.19. The molecule has 0 radical (unpaired) electrons. The molecule has 2 atom stereocenters. The van der Waals surface area contributed by atoms with E-state index < -0.39 is 35.0 Å².